The van der Waals surface area contributed by atoms with Gasteiger partial charge in [0.25, 0.3) is 11.5 Å². The number of carbonyl (C=O) groups excluding carboxylic acids is 1. The molecule has 0 aliphatic rings. The molecule has 0 unspecified atom stereocenters. The Labute approximate surface area is 165 Å². The van der Waals surface area contributed by atoms with Gasteiger partial charge in [0.1, 0.15) is 0 Å². The fourth-order valence-electron chi connectivity index (χ4n) is 3.34. The Hall–Kier alpha value is -2.95. The van der Waals surface area contributed by atoms with E-state index in [2.05, 4.69) is 12.0 Å². The van der Waals surface area contributed by atoms with Gasteiger partial charge in [-0.3, -0.25) is 9.59 Å². The van der Waals surface area contributed by atoms with Gasteiger partial charge in [-0.05, 0) is 24.0 Å². The summed E-state index contributed by atoms with van der Waals surface area (Å²) in [4.78, 5) is 28.1. The van der Waals surface area contributed by atoms with Gasteiger partial charge >= 0.3 is 0 Å². The van der Waals surface area contributed by atoms with Crippen LogP contribution in [0.1, 0.15) is 43.2 Å². The highest BCUT2D eigenvalue weighted by Gasteiger charge is 2.22. The van der Waals surface area contributed by atoms with Crippen LogP contribution in [0.2, 0.25) is 0 Å². The predicted octanol–water partition coefficient (Wildman–Crippen LogP) is 4.10. The summed E-state index contributed by atoms with van der Waals surface area (Å²) in [6.07, 6.45) is 0.849. The fraction of sp³-hybridized carbons (Fsp3) is 0.348. The first-order chi connectivity index (χ1) is 13.5. The van der Waals surface area contributed by atoms with Crippen LogP contribution >= 0.6 is 0 Å². The average Bonchev–Trinajstić information content (AvgIpc) is 2.70. The molecule has 2 aromatic carbocycles. The highest BCUT2D eigenvalue weighted by Crippen LogP contribution is 2.17. The number of hydrogen-bond donors (Lipinski definition) is 0. The van der Waals surface area contributed by atoms with Gasteiger partial charge in [0.05, 0.1) is 5.39 Å². The zero-order chi connectivity index (χ0) is 20.1. The van der Waals surface area contributed by atoms with Crippen molar-refractivity contribution in [2.45, 2.75) is 40.3 Å². The zero-order valence-electron chi connectivity index (χ0n) is 16.8. The van der Waals surface area contributed by atoms with Crippen molar-refractivity contribution in [2.75, 3.05) is 6.54 Å². The number of hydrogen-bond acceptors (Lipinski definition) is 3. The van der Waals surface area contributed by atoms with Crippen LogP contribution in [-0.2, 0) is 13.1 Å². The first-order valence-corrected chi connectivity index (χ1v) is 9.84. The first kappa shape index (κ1) is 19.8. The molecule has 0 saturated heterocycles. The SMILES string of the molecule is CCCN(Cc1ccccc1)C(=O)c1nn(CC(C)C)c(=O)c2ccccc12. The van der Waals surface area contributed by atoms with Crippen molar-refractivity contribution in [2.24, 2.45) is 5.92 Å². The Morgan fingerprint density at radius 3 is 2.32 bits per heavy atom. The molecule has 0 aliphatic heterocycles. The number of amides is 1. The summed E-state index contributed by atoms with van der Waals surface area (Å²) in [6.45, 7) is 7.75. The lowest BCUT2D eigenvalue weighted by Crippen LogP contribution is -2.35. The van der Waals surface area contributed by atoms with E-state index in [1.807, 2.05) is 67.3 Å². The van der Waals surface area contributed by atoms with Gasteiger partial charge < -0.3 is 4.90 Å². The lowest BCUT2D eigenvalue weighted by atomic mass is 10.1. The Kier molecular flexibility index (Phi) is 6.24. The summed E-state index contributed by atoms with van der Waals surface area (Å²) < 4.78 is 1.44. The molecule has 0 atom stereocenters. The minimum absolute atomic E-state index is 0.139. The van der Waals surface area contributed by atoms with Gasteiger partial charge in [0.15, 0.2) is 5.69 Å². The third kappa shape index (κ3) is 4.30. The molecule has 0 aliphatic carbocycles. The molecule has 0 bridgehead atoms. The Balaban J connectivity index is 2.07. The molecule has 1 amide bonds. The van der Waals surface area contributed by atoms with Crippen LogP contribution in [0, 0.1) is 5.92 Å². The summed E-state index contributed by atoms with van der Waals surface area (Å²) in [5.41, 5.74) is 1.27. The minimum Gasteiger partial charge on any atom is -0.333 e. The van der Waals surface area contributed by atoms with Gasteiger partial charge in [0.2, 0.25) is 0 Å². The monoisotopic (exact) mass is 377 g/mol. The molecule has 0 spiro atoms. The molecule has 28 heavy (non-hydrogen) atoms. The minimum atomic E-state index is -0.147. The molecule has 5 heteroatoms. The molecule has 5 nitrogen and oxygen atoms in total. The fourth-order valence-corrected chi connectivity index (χ4v) is 3.34. The van der Waals surface area contributed by atoms with Gasteiger partial charge in [-0.25, -0.2) is 4.68 Å². The molecule has 0 fully saturated rings. The van der Waals surface area contributed by atoms with E-state index in [9.17, 15) is 9.59 Å². The molecule has 0 radical (unpaired) electrons. The topological polar surface area (TPSA) is 55.2 Å². The summed E-state index contributed by atoms with van der Waals surface area (Å²) in [5.74, 6) is 0.116. The lowest BCUT2D eigenvalue weighted by molar-refractivity contribution is 0.0736. The van der Waals surface area contributed by atoms with Gasteiger partial charge in [-0.1, -0.05) is 69.3 Å². The lowest BCUT2D eigenvalue weighted by Gasteiger charge is -2.23. The van der Waals surface area contributed by atoms with Crippen molar-refractivity contribution < 1.29 is 4.79 Å². The van der Waals surface area contributed by atoms with Gasteiger partial charge in [0, 0.05) is 25.0 Å². The number of benzene rings is 2. The van der Waals surface area contributed by atoms with E-state index >= 15 is 0 Å². The molecule has 146 valence electrons. The molecular formula is C23H27N3O2. The Bertz CT molecular complexity index is 1010. The van der Waals surface area contributed by atoms with Crippen molar-refractivity contribution in [3.63, 3.8) is 0 Å². The second kappa shape index (κ2) is 8.83. The summed E-state index contributed by atoms with van der Waals surface area (Å²) in [7, 11) is 0. The Morgan fingerprint density at radius 1 is 1.04 bits per heavy atom. The van der Waals surface area contributed by atoms with Crippen molar-refractivity contribution in [1.82, 2.24) is 14.7 Å². The van der Waals surface area contributed by atoms with E-state index in [4.69, 9.17) is 0 Å². The van der Waals surface area contributed by atoms with Crippen LogP contribution in [0.5, 0.6) is 0 Å². The molecule has 0 N–H and O–H groups in total. The van der Waals surface area contributed by atoms with E-state index in [1.54, 1.807) is 6.07 Å². The smallest absolute Gasteiger partial charge is 0.275 e. The van der Waals surface area contributed by atoms with E-state index in [0.717, 1.165) is 12.0 Å². The van der Waals surface area contributed by atoms with Crippen LogP contribution in [0.15, 0.2) is 59.4 Å². The predicted molar refractivity (Wildman–Crippen MR) is 112 cm³/mol. The number of aromatic nitrogens is 2. The average molecular weight is 377 g/mol. The van der Waals surface area contributed by atoms with Crippen molar-refractivity contribution >= 4 is 16.7 Å². The first-order valence-electron chi connectivity index (χ1n) is 9.84. The normalized spacial score (nSPS) is 11.1. The molecule has 3 rings (SSSR count). The Morgan fingerprint density at radius 2 is 1.68 bits per heavy atom. The van der Waals surface area contributed by atoms with Gasteiger partial charge in [-0.15, -0.1) is 0 Å². The number of carbonyl (C=O) groups is 1. The second-order valence-corrected chi connectivity index (χ2v) is 7.49. The van der Waals surface area contributed by atoms with E-state index in [-0.39, 0.29) is 17.4 Å². The van der Waals surface area contributed by atoms with Crippen molar-refractivity contribution in [3.8, 4) is 0 Å². The molecule has 0 saturated carbocycles. The standard InChI is InChI=1S/C23H27N3O2/c1-4-14-25(16-18-10-6-5-7-11-18)23(28)21-19-12-8-9-13-20(19)22(27)26(24-21)15-17(2)3/h5-13,17H,4,14-16H2,1-3H3. The maximum atomic E-state index is 13.5. The third-order valence-corrected chi connectivity index (χ3v) is 4.61. The summed E-state index contributed by atoms with van der Waals surface area (Å²) >= 11 is 0. The van der Waals surface area contributed by atoms with E-state index in [0.29, 0.717) is 36.1 Å². The molecule has 1 aromatic heterocycles. The molecule has 3 aromatic rings. The van der Waals surface area contributed by atoms with E-state index in [1.165, 1.54) is 4.68 Å². The van der Waals surface area contributed by atoms with E-state index < -0.39 is 0 Å². The quantitative estimate of drug-likeness (QED) is 0.623. The number of nitrogens with zero attached hydrogens (tertiary/aromatic N) is 3. The highest BCUT2D eigenvalue weighted by molar-refractivity contribution is 6.04. The highest BCUT2D eigenvalue weighted by atomic mass is 16.2. The summed E-state index contributed by atoms with van der Waals surface area (Å²) in [5, 5.41) is 5.66. The van der Waals surface area contributed by atoms with Crippen LogP contribution in [0.3, 0.4) is 0 Å². The second-order valence-electron chi connectivity index (χ2n) is 7.49. The third-order valence-electron chi connectivity index (χ3n) is 4.61. The molecular weight excluding hydrogens is 350 g/mol. The van der Waals surface area contributed by atoms with Crippen LogP contribution in [0.25, 0.3) is 10.8 Å². The maximum absolute atomic E-state index is 13.5. The largest absolute Gasteiger partial charge is 0.333 e. The number of rotatable bonds is 7. The molecule has 1 heterocycles. The van der Waals surface area contributed by atoms with Crippen molar-refractivity contribution in [1.29, 1.82) is 0 Å². The van der Waals surface area contributed by atoms with Gasteiger partial charge in [-0.2, -0.15) is 5.10 Å². The van der Waals surface area contributed by atoms with Crippen LogP contribution < -0.4 is 5.56 Å². The van der Waals surface area contributed by atoms with Crippen molar-refractivity contribution in [3.05, 3.63) is 76.2 Å². The zero-order valence-corrected chi connectivity index (χ0v) is 16.8. The number of fused-ring (bicyclic) bond motifs is 1. The summed E-state index contributed by atoms with van der Waals surface area (Å²) in [6, 6.07) is 17.2. The maximum Gasteiger partial charge on any atom is 0.275 e. The van der Waals surface area contributed by atoms with Crippen LogP contribution in [0.4, 0.5) is 0 Å². The van der Waals surface area contributed by atoms with Crippen LogP contribution in [-0.4, -0.2) is 27.1 Å².